The maximum atomic E-state index is 12.0. The van der Waals surface area contributed by atoms with Crippen molar-refractivity contribution in [3.05, 3.63) is 83.1 Å². The molecule has 2 aromatic rings. The van der Waals surface area contributed by atoms with E-state index >= 15 is 0 Å². The monoisotopic (exact) mass is 521 g/mol. The lowest BCUT2D eigenvalue weighted by Crippen LogP contribution is -2.28. The normalized spacial score (nSPS) is 16.9. The zero-order valence-corrected chi connectivity index (χ0v) is 21.4. The van der Waals surface area contributed by atoms with Crippen LogP contribution in [0.4, 0.5) is 0 Å². The summed E-state index contributed by atoms with van der Waals surface area (Å²) in [5.41, 5.74) is 7.85. The van der Waals surface area contributed by atoms with Gasteiger partial charge in [0.25, 0.3) is 11.8 Å². The third-order valence-corrected chi connectivity index (χ3v) is 5.93. The van der Waals surface area contributed by atoms with Gasteiger partial charge in [-0.05, 0) is 25.0 Å². The minimum absolute atomic E-state index is 0.00520. The van der Waals surface area contributed by atoms with Crippen molar-refractivity contribution in [3.8, 4) is 0 Å². The molecule has 2 amide bonds. The zero-order valence-electron chi connectivity index (χ0n) is 21.4. The summed E-state index contributed by atoms with van der Waals surface area (Å²) in [6, 6.07) is 18.9. The van der Waals surface area contributed by atoms with Crippen molar-refractivity contribution in [1.29, 1.82) is 0 Å². The van der Waals surface area contributed by atoms with Crippen LogP contribution in [0.25, 0.3) is 0 Å². The van der Waals surface area contributed by atoms with Crippen LogP contribution in [0.1, 0.15) is 25.0 Å². The lowest BCUT2D eigenvalue weighted by molar-refractivity contribution is -0.151. The van der Waals surface area contributed by atoms with Gasteiger partial charge in [0.1, 0.15) is 11.6 Å². The highest BCUT2D eigenvalue weighted by Gasteiger charge is 2.43. The van der Waals surface area contributed by atoms with Gasteiger partial charge in [0.15, 0.2) is 0 Å². The molecule has 2 aromatic carbocycles. The first kappa shape index (κ1) is 28.1. The lowest BCUT2D eigenvalue weighted by atomic mass is 10.1. The van der Waals surface area contributed by atoms with Crippen molar-refractivity contribution < 1.29 is 33.4 Å². The SMILES string of the molecule is CCOC(=O)C1=C(N)C(=O)N(Cc2ccccc2)C1.CCOC(=O)C1CN(Cc2ccccc2)C(=O)C1=O. The lowest BCUT2D eigenvalue weighted by Gasteiger charge is -2.16. The Hall–Kier alpha value is -4.47. The van der Waals surface area contributed by atoms with Gasteiger partial charge in [-0.25, -0.2) is 4.79 Å². The fraction of sp³-hybridized carbons (Fsp3) is 0.321. The van der Waals surface area contributed by atoms with E-state index in [0.29, 0.717) is 13.1 Å². The number of Topliss-reactive ketones (excluding diaryl/α,β-unsaturated/α-hetero) is 1. The molecule has 0 radical (unpaired) electrons. The second-order valence-corrected chi connectivity index (χ2v) is 8.60. The van der Waals surface area contributed by atoms with Crippen molar-refractivity contribution in [2.75, 3.05) is 26.3 Å². The molecule has 10 heteroatoms. The second kappa shape index (κ2) is 13.2. The van der Waals surface area contributed by atoms with Gasteiger partial charge >= 0.3 is 11.9 Å². The first-order chi connectivity index (χ1) is 18.3. The molecule has 0 aliphatic carbocycles. The van der Waals surface area contributed by atoms with Crippen LogP contribution in [0.2, 0.25) is 0 Å². The number of ether oxygens (including phenoxy) is 2. The van der Waals surface area contributed by atoms with Gasteiger partial charge in [0.05, 0.1) is 25.3 Å². The minimum Gasteiger partial charge on any atom is -0.465 e. The molecule has 2 heterocycles. The van der Waals surface area contributed by atoms with Gasteiger partial charge in [-0.1, -0.05) is 60.7 Å². The van der Waals surface area contributed by atoms with Gasteiger partial charge in [-0.3, -0.25) is 19.2 Å². The smallest absolute Gasteiger partial charge is 0.338 e. The van der Waals surface area contributed by atoms with E-state index in [4.69, 9.17) is 15.2 Å². The standard InChI is InChI=1S/C14H16N2O3.C14H15NO4/c1-2-19-14(18)11-9-16(13(17)12(11)15)8-10-6-4-3-5-7-10;1-2-19-14(18)11-9-15(13(17)12(11)16)8-10-6-4-3-5-7-10/h3-7H,2,8-9,15H2,1H3;3-7,11H,2,8-9H2,1H3. The Morgan fingerprint density at radius 1 is 0.816 bits per heavy atom. The highest BCUT2D eigenvalue weighted by Crippen LogP contribution is 2.20. The van der Waals surface area contributed by atoms with Gasteiger partial charge in [0, 0.05) is 19.6 Å². The zero-order chi connectivity index (χ0) is 27.7. The first-order valence-electron chi connectivity index (χ1n) is 12.3. The minimum atomic E-state index is -0.976. The summed E-state index contributed by atoms with van der Waals surface area (Å²) in [5.74, 6) is -3.69. The summed E-state index contributed by atoms with van der Waals surface area (Å²) in [6.07, 6.45) is 0. The Kier molecular flexibility index (Phi) is 9.75. The van der Waals surface area contributed by atoms with Crippen LogP contribution in [0.5, 0.6) is 0 Å². The molecule has 1 fully saturated rings. The number of hydrogen-bond acceptors (Lipinski definition) is 8. The number of carbonyl (C=O) groups excluding carboxylic acids is 5. The van der Waals surface area contributed by atoms with Crippen LogP contribution in [0.15, 0.2) is 71.9 Å². The molecule has 10 nitrogen and oxygen atoms in total. The Balaban J connectivity index is 0.000000211. The van der Waals surface area contributed by atoms with E-state index < -0.39 is 29.5 Å². The third-order valence-electron chi connectivity index (χ3n) is 5.93. The number of benzene rings is 2. The molecule has 2 aliphatic heterocycles. The average molecular weight is 522 g/mol. The van der Waals surface area contributed by atoms with Crippen molar-refractivity contribution in [2.45, 2.75) is 26.9 Å². The fourth-order valence-corrected chi connectivity index (χ4v) is 4.03. The number of nitrogens with zero attached hydrogens (tertiary/aromatic N) is 2. The van der Waals surface area contributed by atoms with E-state index in [-0.39, 0.29) is 43.5 Å². The number of esters is 2. The molecule has 4 rings (SSSR count). The number of nitrogens with two attached hydrogens (primary N) is 1. The summed E-state index contributed by atoms with van der Waals surface area (Å²) >= 11 is 0. The number of amides is 2. The summed E-state index contributed by atoms with van der Waals surface area (Å²) < 4.78 is 9.69. The van der Waals surface area contributed by atoms with Crippen LogP contribution in [0, 0.1) is 5.92 Å². The molecule has 2 aliphatic rings. The highest BCUT2D eigenvalue weighted by molar-refractivity contribution is 6.42. The van der Waals surface area contributed by atoms with Crippen LogP contribution in [-0.4, -0.2) is 65.6 Å². The largest absolute Gasteiger partial charge is 0.465 e. The summed E-state index contributed by atoms with van der Waals surface area (Å²) in [5, 5.41) is 0. The van der Waals surface area contributed by atoms with Gasteiger partial charge < -0.3 is 25.0 Å². The Morgan fingerprint density at radius 3 is 1.87 bits per heavy atom. The van der Waals surface area contributed by atoms with E-state index in [1.807, 2.05) is 60.7 Å². The molecule has 200 valence electrons. The molecule has 38 heavy (non-hydrogen) atoms. The van der Waals surface area contributed by atoms with Crippen LogP contribution in [0.3, 0.4) is 0 Å². The molecule has 0 aromatic heterocycles. The van der Waals surface area contributed by atoms with Crippen molar-refractivity contribution >= 4 is 29.5 Å². The molecule has 1 unspecified atom stereocenters. The maximum Gasteiger partial charge on any atom is 0.338 e. The summed E-state index contributed by atoms with van der Waals surface area (Å²) in [4.78, 5) is 61.7. The topological polar surface area (TPSA) is 136 Å². The Bertz CT molecular complexity index is 1210. The summed E-state index contributed by atoms with van der Waals surface area (Å²) in [6.45, 7) is 4.93. The Morgan fingerprint density at radius 2 is 1.34 bits per heavy atom. The third kappa shape index (κ3) is 6.84. The number of rotatable bonds is 8. The predicted octanol–water partition coefficient (Wildman–Crippen LogP) is 1.58. The number of hydrogen-bond donors (Lipinski definition) is 1. The molecule has 0 bridgehead atoms. The number of ketones is 1. The quantitative estimate of drug-likeness (QED) is 0.314. The highest BCUT2D eigenvalue weighted by atomic mass is 16.5. The first-order valence-corrected chi connectivity index (χ1v) is 12.3. The molecule has 0 saturated carbocycles. The van der Waals surface area contributed by atoms with E-state index in [0.717, 1.165) is 11.1 Å². The number of likely N-dealkylation sites (tertiary alicyclic amines) is 1. The molecular formula is C28H31N3O7. The molecule has 0 spiro atoms. The van der Waals surface area contributed by atoms with Gasteiger partial charge in [-0.15, -0.1) is 0 Å². The average Bonchev–Trinajstić information content (AvgIpc) is 3.36. The Labute approximate surface area is 221 Å². The van der Waals surface area contributed by atoms with Crippen LogP contribution < -0.4 is 5.73 Å². The van der Waals surface area contributed by atoms with E-state index in [1.165, 1.54) is 9.80 Å². The van der Waals surface area contributed by atoms with Crippen molar-refractivity contribution in [3.63, 3.8) is 0 Å². The molecular weight excluding hydrogens is 490 g/mol. The summed E-state index contributed by atoms with van der Waals surface area (Å²) in [7, 11) is 0. The van der Waals surface area contributed by atoms with Crippen LogP contribution in [-0.2, 0) is 46.5 Å². The van der Waals surface area contributed by atoms with Crippen molar-refractivity contribution in [1.82, 2.24) is 9.80 Å². The molecule has 1 saturated heterocycles. The maximum absolute atomic E-state index is 12.0. The fourth-order valence-electron chi connectivity index (χ4n) is 4.03. The molecule has 1 atom stereocenters. The van der Waals surface area contributed by atoms with E-state index in [1.54, 1.807) is 13.8 Å². The van der Waals surface area contributed by atoms with Gasteiger partial charge in [-0.2, -0.15) is 0 Å². The number of carbonyl (C=O) groups is 5. The van der Waals surface area contributed by atoms with Crippen molar-refractivity contribution in [2.24, 2.45) is 11.7 Å². The van der Waals surface area contributed by atoms with Crippen LogP contribution >= 0.6 is 0 Å². The predicted molar refractivity (Wildman–Crippen MR) is 137 cm³/mol. The molecule has 2 N–H and O–H groups in total. The van der Waals surface area contributed by atoms with E-state index in [9.17, 15) is 24.0 Å². The van der Waals surface area contributed by atoms with E-state index in [2.05, 4.69) is 0 Å². The van der Waals surface area contributed by atoms with Gasteiger partial charge in [0.2, 0.25) is 5.78 Å². The second-order valence-electron chi connectivity index (χ2n) is 8.60.